The minimum Gasteiger partial charge on any atom is -0.393 e. The minimum atomic E-state index is -0.765. The average Bonchev–Trinajstić information content (AvgIpc) is 2.41. The highest BCUT2D eigenvalue weighted by Crippen LogP contribution is 2.20. The van der Waals surface area contributed by atoms with Crippen molar-refractivity contribution >= 4 is 11.7 Å². The number of rotatable bonds is 3. The second-order valence-electron chi connectivity index (χ2n) is 4.64. The molecule has 0 aromatic carbocycles. The number of amides is 1. The second kappa shape index (κ2) is 5.94. The summed E-state index contributed by atoms with van der Waals surface area (Å²) in [4.78, 5) is 15.6. The second-order valence-corrected chi connectivity index (χ2v) is 4.64. The lowest BCUT2D eigenvalue weighted by atomic mass is 9.93. The number of hydrogen-bond acceptors (Lipinski definition) is 5. The van der Waals surface area contributed by atoms with E-state index in [2.05, 4.69) is 15.7 Å². The molecule has 104 valence electrons. The van der Waals surface area contributed by atoms with E-state index in [1.165, 1.54) is 12.3 Å². The molecular weight excluding hydrogens is 251 g/mol. The van der Waals surface area contributed by atoms with Crippen LogP contribution in [-0.2, 0) is 0 Å². The fourth-order valence-electron chi connectivity index (χ4n) is 2.20. The van der Waals surface area contributed by atoms with Crippen LogP contribution in [-0.4, -0.2) is 28.1 Å². The van der Waals surface area contributed by atoms with Crippen LogP contribution < -0.4 is 16.6 Å². The lowest BCUT2D eigenvalue weighted by Gasteiger charge is -2.26. The number of pyridine rings is 1. The molecule has 0 atom stereocenters. The number of nitrogen functional groups attached to an aromatic ring is 1. The summed E-state index contributed by atoms with van der Waals surface area (Å²) in [5, 5.41) is 12.1. The van der Waals surface area contributed by atoms with Crippen molar-refractivity contribution in [2.24, 2.45) is 5.84 Å². The molecule has 1 aliphatic rings. The van der Waals surface area contributed by atoms with Crippen molar-refractivity contribution in [3.63, 3.8) is 0 Å². The summed E-state index contributed by atoms with van der Waals surface area (Å²) in [7, 11) is 0. The number of aliphatic hydroxyl groups excluding tert-OH is 1. The first kappa shape index (κ1) is 13.7. The molecule has 0 unspecified atom stereocenters. The summed E-state index contributed by atoms with van der Waals surface area (Å²) in [5.74, 6) is 3.69. The number of hydrazine groups is 1. The summed E-state index contributed by atoms with van der Waals surface area (Å²) >= 11 is 0. The number of aromatic nitrogens is 1. The van der Waals surface area contributed by atoms with Crippen LogP contribution in [0.25, 0.3) is 0 Å². The third kappa shape index (κ3) is 3.18. The van der Waals surface area contributed by atoms with Gasteiger partial charge in [-0.05, 0) is 31.7 Å². The molecule has 1 amide bonds. The van der Waals surface area contributed by atoms with Crippen LogP contribution in [0.4, 0.5) is 10.2 Å². The first-order valence-corrected chi connectivity index (χ1v) is 6.22. The average molecular weight is 268 g/mol. The highest BCUT2D eigenvalue weighted by atomic mass is 19.1. The number of anilines is 1. The maximum absolute atomic E-state index is 13.8. The Morgan fingerprint density at radius 3 is 2.74 bits per heavy atom. The lowest BCUT2D eigenvalue weighted by molar-refractivity contribution is 0.0864. The molecule has 1 heterocycles. The van der Waals surface area contributed by atoms with Gasteiger partial charge in [0.15, 0.2) is 11.6 Å². The van der Waals surface area contributed by atoms with Crippen molar-refractivity contribution in [2.45, 2.75) is 37.8 Å². The van der Waals surface area contributed by atoms with Gasteiger partial charge >= 0.3 is 0 Å². The van der Waals surface area contributed by atoms with Gasteiger partial charge < -0.3 is 15.8 Å². The Morgan fingerprint density at radius 2 is 2.11 bits per heavy atom. The number of nitrogens with two attached hydrogens (primary N) is 1. The van der Waals surface area contributed by atoms with Crippen LogP contribution in [0.15, 0.2) is 12.3 Å². The molecule has 0 spiro atoms. The van der Waals surface area contributed by atoms with E-state index in [1.54, 1.807) is 0 Å². The van der Waals surface area contributed by atoms with Crippen molar-refractivity contribution in [2.75, 3.05) is 5.43 Å². The minimum absolute atomic E-state index is 0.0299. The van der Waals surface area contributed by atoms with Crippen molar-refractivity contribution < 1.29 is 14.3 Å². The number of nitrogens with one attached hydrogen (secondary N) is 2. The number of hydrogen-bond donors (Lipinski definition) is 4. The molecule has 7 heteroatoms. The van der Waals surface area contributed by atoms with Gasteiger partial charge in [-0.2, -0.15) is 0 Å². The molecule has 1 fully saturated rings. The molecule has 5 N–H and O–H groups in total. The number of carbonyl (C=O) groups is 1. The third-order valence-corrected chi connectivity index (χ3v) is 3.30. The van der Waals surface area contributed by atoms with Crippen LogP contribution in [0.1, 0.15) is 36.0 Å². The molecule has 6 nitrogen and oxygen atoms in total. The van der Waals surface area contributed by atoms with E-state index in [0.717, 1.165) is 0 Å². The third-order valence-electron chi connectivity index (χ3n) is 3.30. The zero-order valence-corrected chi connectivity index (χ0v) is 10.4. The Bertz CT molecular complexity index is 461. The maximum Gasteiger partial charge on any atom is 0.254 e. The van der Waals surface area contributed by atoms with Gasteiger partial charge in [-0.15, -0.1) is 0 Å². The van der Waals surface area contributed by atoms with E-state index in [1.807, 2.05) is 0 Å². The number of carbonyl (C=O) groups excluding carboxylic acids is 1. The SMILES string of the molecule is NNc1nccc(C(=O)NC2CCC(O)CC2)c1F. The van der Waals surface area contributed by atoms with Gasteiger partial charge in [0, 0.05) is 12.2 Å². The molecule has 19 heavy (non-hydrogen) atoms. The van der Waals surface area contributed by atoms with Crippen LogP contribution in [0.3, 0.4) is 0 Å². The Balaban J connectivity index is 2.04. The zero-order valence-electron chi connectivity index (χ0n) is 10.4. The smallest absolute Gasteiger partial charge is 0.254 e. The van der Waals surface area contributed by atoms with Gasteiger partial charge in [0.1, 0.15) is 0 Å². The summed E-state index contributed by atoms with van der Waals surface area (Å²) in [5.41, 5.74) is 2.01. The largest absolute Gasteiger partial charge is 0.393 e. The normalized spacial score (nSPS) is 22.9. The van der Waals surface area contributed by atoms with Crippen LogP contribution in [0.2, 0.25) is 0 Å². The Kier molecular flexibility index (Phi) is 4.28. The highest BCUT2D eigenvalue weighted by molar-refractivity contribution is 5.95. The Morgan fingerprint density at radius 1 is 1.42 bits per heavy atom. The predicted octanol–water partition coefficient (Wildman–Crippen LogP) is 0.540. The molecule has 0 saturated heterocycles. The first-order valence-electron chi connectivity index (χ1n) is 6.22. The van der Waals surface area contributed by atoms with E-state index in [4.69, 9.17) is 5.84 Å². The molecule has 0 aliphatic heterocycles. The van der Waals surface area contributed by atoms with Gasteiger partial charge in [0.25, 0.3) is 5.91 Å². The summed E-state index contributed by atoms with van der Waals surface area (Å²) in [6.45, 7) is 0. The van der Waals surface area contributed by atoms with Crippen molar-refractivity contribution in [3.8, 4) is 0 Å². The summed E-state index contributed by atoms with van der Waals surface area (Å²) in [6, 6.07) is 1.28. The van der Waals surface area contributed by atoms with Gasteiger partial charge in [0.2, 0.25) is 0 Å². The monoisotopic (exact) mass is 268 g/mol. The van der Waals surface area contributed by atoms with E-state index in [-0.39, 0.29) is 23.5 Å². The molecule has 1 aliphatic carbocycles. The van der Waals surface area contributed by atoms with Gasteiger partial charge in [-0.1, -0.05) is 0 Å². The fourth-order valence-corrected chi connectivity index (χ4v) is 2.20. The van der Waals surface area contributed by atoms with Gasteiger partial charge in [-0.3, -0.25) is 4.79 Å². The van der Waals surface area contributed by atoms with Crippen molar-refractivity contribution in [1.82, 2.24) is 10.3 Å². The fraction of sp³-hybridized carbons (Fsp3) is 0.500. The van der Waals surface area contributed by atoms with Crippen LogP contribution in [0, 0.1) is 5.82 Å². The van der Waals surface area contributed by atoms with E-state index in [0.29, 0.717) is 25.7 Å². The molecule has 2 rings (SSSR count). The quantitative estimate of drug-likeness (QED) is 0.473. The van der Waals surface area contributed by atoms with Crippen molar-refractivity contribution in [3.05, 3.63) is 23.6 Å². The van der Waals surface area contributed by atoms with E-state index < -0.39 is 11.7 Å². The zero-order chi connectivity index (χ0) is 13.8. The number of halogens is 1. The summed E-state index contributed by atoms with van der Waals surface area (Å²) in [6.07, 6.45) is 3.72. The molecule has 1 saturated carbocycles. The first-order chi connectivity index (χ1) is 9.11. The van der Waals surface area contributed by atoms with Crippen molar-refractivity contribution in [1.29, 1.82) is 0 Å². The molecule has 0 radical (unpaired) electrons. The molecule has 1 aromatic rings. The van der Waals surface area contributed by atoms with E-state index in [9.17, 15) is 14.3 Å². The lowest BCUT2D eigenvalue weighted by Crippen LogP contribution is -2.39. The van der Waals surface area contributed by atoms with Crippen LogP contribution >= 0.6 is 0 Å². The van der Waals surface area contributed by atoms with Gasteiger partial charge in [-0.25, -0.2) is 15.2 Å². The Labute approximate surface area is 110 Å². The molecule has 1 aromatic heterocycles. The van der Waals surface area contributed by atoms with Gasteiger partial charge in [0.05, 0.1) is 11.7 Å². The molecule has 0 bridgehead atoms. The maximum atomic E-state index is 13.8. The topological polar surface area (TPSA) is 100 Å². The molecular formula is C12H17FN4O2. The highest BCUT2D eigenvalue weighted by Gasteiger charge is 2.23. The standard InChI is InChI=1S/C12H17FN4O2/c13-10-9(5-6-15-11(10)17-14)12(19)16-7-1-3-8(18)4-2-7/h5-8,18H,1-4,14H2,(H,15,17)(H,16,19). The summed E-state index contributed by atoms with van der Waals surface area (Å²) < 4.78 is 13.8. The Hall–Kier alpha value is -1.73. The number of aliphatic hydroxyl groups is 1. The van der Waals surface area contributed by atoms with E-state index >= 15 is 0 Å². The van der Waals surface area contributed by atoms with Crippen LogP contribution in [0.5, 0.6) is 0 Å². The number of nitrogens with zero attached hydrogens (tertiary/aromatic N) is 1. The predicted molar refractivity (Wildman–Crippen MR) is 67.7 cm³/mol.